The summed E-state index contributed by atoms with van der Waals surface area (Å²) in [6.45, 7) is 7.38. The molecular weight excluding hydrogens is 228 g/mol. The maximum absolute atomic E-state index is 5.29. The van der Waals surface area contributed by atoms with E-state index in [9.17, 15) is 0 Å². The van der Waals surface area contributed by atoms with E-state index in [0.717, 1.165) is 30.2 Å². The molecule has 0 amide bonds. The first-order chi connectivity index (χ1) is 8.19. The lowest BCUT2D eigenvalue weighted by atomic mass is 10.1. The first-order valence-corrected chi connectivity index (χ1v) is 6.73. The molecule has 0 fully saturated rings. The third kappa shape index (κ3) is 4.35. The first-order valence-electron chi connectivity index (χ1n) is 6.32. The highest BCUT2D eigenvalue weighted by Crippen LogP contribution is 2.20. The quantitative estimate of drug-likeness (QED) is 0.616. The van der Waals surface area contributed by atoms with Gasteiger partial charge in [0.25, 0.3) is 0 Å². The zero-order valence-electron chi connectivity index (χ0n) is 11.0. The van der Waals surface area contributed by atoms with E-state index in [2.05, 4.69) is 49.6 Å². The lowest BCUT2D eigenvalue weighted by Gasteiger charge is -2.15. The number of aryl methyl sites for hydroxylation is 2. The third-order valence-corrected chi connectivity index (χ3v) is 3.04. The molecule has 0 heterocycles. The second-order valence-corrected chi connectivity index (χ2v) is 4.61. The summed E-state index contributed by atoms with van der Waals surface area (Å²) in [7, 11) is 0. The van der Waals surface area contributed by atoms with Crippen LogP contribution in [0.3, 0.4) is 0 Å². The second-order valence-electron chi connectivity index (χ2n) is 4.20. The smallest absolute Gasteiger partial charge is 0.170 e. The lowest BCUT2D eigenvalue weighted by molar-refractivity contribution is 0.758. The monoisotopic (exact) mass is 250 g/mol. The van der Waals surface area contributed by atoms with Crippen LogP contribution >= 0.6 is 12.2 Å². The van der Waals surface area contributed by atoms with Gasteiger partial charge in [-0.25, -0.2) is 0 Å². The molecule has 2 N–H and O–H groups in total. The van der Waals surface area contributed by atoms with Crippen LogP contribution in [0.25, 0.3) is 0 Å². The maximum atomic E-state index is 5.29. The van der Waals surface area contributed by atoms with Crippen LogP contribution in [0.4, 0.5) is 5.69 Å². The molecule has 17 heavy (non-hydrogen) atoms. The zero-order chi connectivity index (χ0) is 12.7. The van der Waals surface area contributed by atoms with Crippen molar-refractivity contribution in [2.45, 2.75) is 40.0 Å². The Labute approximate surface area is 110 Å². The van der Waals surface area contributed by atoms with E-state index in [1.54, 1.807) is 0 Å². The molecule has 0 saturated heterocycles. The minimum atomic E-state index is 0.724. The molecule has 0 atom stereocenters. The molecule has 0 bridgehead atoms. The Morgan fingerprint density at radius 1 is 1.29 bits per heavy atom. The Kier molecular flexibility index (Phi) is 5.98. The van der Waals surface area contributed by atoms with Crippen LogP contribution in [0.15, 0.2) is 18.2 Å². The number of rotatable bonds is 5. The Morgan fingerprint density at radius 3 is 2.71 bits per heavy atom. The van der Waals surface area contributed by atoms with E-state index in [1.165, 1.54) is 17.5 Å². The van der Waals surface area contributed by atoms with Crippen LogP contribution in [0, 0.1) is 6.92 Å². The van der Waals surface area contributed by atoms with Crippen molar-refractivity contribution in [3.05, 3.63) is 29.3 Å². The number of unbranched alkanes of at least 4 members (excludes halogenated alkanes) is 1. The summed E-state index contributed by atoms with van der Waals surface area (Å²) >= 11 is 5.29. The van der Waals surface area contributed by atoms with E-state index < -0.39 is 0 Å². The van der Waals surface area contributed by atoms with E-state index in [-0.39, 0.29) is 0 Å². The fraction of sp³-hybridized carbons (Fsp3) is 0.500. The molecule has 0 radical (unpaired) electrons. The highest BCUT2D eigenvalue weighted by Gasteiger charge is 2.05. The molecule has 0 aliphatic rings. The summed E-state index contributed by atoms with van der Waals surface area (Å²) in [4.78, 5) is 0. The summed E-state index contributed by atoms with van der Waals surface area (Å²) < 4.78 is 0. The number of para-hydroxylation sites is 1. The fourth-order valence-corrected chi connectivity index (χ4v) is 1.94. The van der Waals surface area contributed by atoms with Crippen LogP contribution in [-0.2, 0) is 6.42 Å². The Hall–Kier alpha value is -1.09. The molecule has 94 valence electrons. The van der Waals surface area contributed by atoms with Crippen LogP contribution < -0.4 is 10.6 Å². The van der Waals surface area contributed by atoms with Crippen molar-refractivity contribution in [3.63, 3.8) is 0 Å². The molecule has 1 aromatic carbocycles. The topological polar surface area (TPSA) is 24.1 Å². The van der Waals surface area contributed by atoms with Crippen molar-refractivity contribution in [2.24, 2.45) is 0 Å². The van der Waals surface area contributed by atoms with Crippen molar-refractivity contribution in [2.75, 3.05) is 11.9 Å². The Balaban J connectivity index is 2.64. The van der Waals surface area contributed by atoms with E-state index >= 15 is 0 Å². The van der Waals surface area contributed by atoms with Crippen molar-refractivity contribution in [3.8, 4) is 0 Å². The molecule has 2 nitrogen and oxygen atoms in total. The Bertz CT molecular complexity index is 374. The van der Waals surface area contributed by atoms with Gasteiger partial charge in [0.2, 0.25) is 0 Å². The van der Waals surface area contributed by atoms with E-state index in [1.807, 2.05) is 0 Å². The van der Waals surface area contributed by atoms with Crippen LogP contribution in [0.5, 0.6) is 0 Å². The van der Waals surface area contributed by atoms with Gasteiger partial charge in [0.1, 0.15) is 0 Å². The molecule has 1 aromatic rings. The van der Waals surface area contributed by atoms with Gasteiger partial charge < -0.3 is 10.6 Å². The number of hydrogen-bond donors (Lipinski definition) is 2. The van der Waals surface area contributed by atoms with Gasteiger partial charge >= 0.3 is 0 Å². The van der Waals surface area contributed by atoms with Gasteiger partial charge in [0.15, 0.2) is 5.11 Å². The second kappa shape index (κ2) is 7.28. The molecule has 0 aliphatic heterocycles. The zero-order valence-corrected chi connectivity index (χ0v) is 11.8. The number of anilines is 1. The minimum Gasteiger partial charge on any atom is -0.362 e. The lowest BCUT2D eigenvalue weighted by Crippen LogP contribution is -2.29. The van der Waals surface area contributed by atoms with E-state index in [4.69, 9.17) is 12.2 Å². The molecule has 0 unspecified atom stereocenters. The van der Waals surface area contributed by atoms with Crippen LogP contribution in [-0.4, -0.2) is 11.7 Å². The molecule has 1 rings (SSSR count). The highest BCUT2D eigenvalue weighted by molar-refractivity contribution is 7.80. The van der Waals surface area contributed by atoms with Crippen LogP contribution in [0.1, 0.15) is 37.8 Å². The maximum Gasteiger partial charge on any atom is 0.170 e. The summed E-state index contributed by atoms with van der Waals surface area (Å²) in [5.41, 5.74) is 3.71. The standard InChI is InChI=1S/C14H22N2S/c1-4-6-10-15-14(17)16-13-11(3)8-7-9-12(13)5-2/h7-9H,4-6,10H2,1-3H3,(H2,15,16,17). The SMILES string of the molecule is CCCCNC(=S)Nc1c(C)cccc1CC. The average Bonchev–Trinajstić information content (AvgIpc) is 2.32. The van der Waals surface area contributed by atoms with Crippen molar-refractivity contribution < 1.29 is 0 Å². The number of nitrogens with one attached hydrogen (secondary N) is 2. The molecule has 0 saturated carbocycles. The molecule has 0 spiro atoms. The fourth-order valence-electron chi connectivity index (χ4n) is 1.74. The van der Waals surface area contributed by atoms with Gasteiger partial charge in [-0.15, -0.1) is 0 Å². The predicted octanol–water partition coefficient (Wildman–Crippen LogP) is 3.64. The van der Waals surface area contributed by atoms with Crippen molar-refractivity contribution in [1.82, 2.24) is 5.32 Å². The molecular formula is C14H22N2S. The van der Waals surface area contributed by atoms with E-state index in [0.29, 0.717) is 0 Å². The Morgan fingerprint density at radius 2 is 2.06 bits per heavy atom. The van der Waals surface area contributed by atoms with Gasteiger partial charge in [-0.05, 0) is 43.1 Å². The highest BCUT2D eigenvalue weighted by atomic mass is 32.1. The summed E-state index contributed by atoms with van der Waals surface area (Å²) in [5.74, 6) is 0. The predicted molar refractivity (Wildman–Crippen MR) is 79.7 cm³/mol. The van der Waals surface area contributed by atoms with Gasteiger partial charge in [0, 0.05) is 12.2 Å². The van der Waals surface area contributed by atoms with Gasteiger partial charge in [-0.3, -0.25) is 0 Å². The average molecular weight is 250 g/mol. The van der Waals surface area contributed by atoms with Gasteiger partial charge in [0.05, 0.1) is 0 Å². The summed E-state index contributed by atoms with van der Waals surface area (Å²) in [6.07, 6.45) is 3.35. The van der Waals surface area contributed by atoms with Crippen LogP contribution in [0.2, 0.25) is 0 Å². The molecule has 0 aromatic heterocycles. The van der Waals surface area contributed by atoms with Crippen molar-refractivity contribution in [1.29, 1.82) is 0 Å². The number of hydrogen-bond acceptors (Lipinski definition) is 1. The number of benzene rings is 1. The van der Waals surface area contributed by atoms with Crippen molar-refractivity contribution >= 4 is 23.0 Å². The van der Waals surface area contributed by atoms with Gasteiger partial charge in [-0.2, -0.15) is 0 Å². The summed E-state index contributed by atoms with van der Waals surface area (Å²) in [6, 6.07) is 6.34. The largest absolute Gasteiger partial charge is 0.362 e. The normalized spacial score (nSPS) is 10.1. The first kappa shape index (κ1) is 14.0. The molecule has 3 heteroatoms. The summed E-state index contributed by atoms with van der Waals surface area (Å²) in [5, 5.41) is 7.26. The minimum absolute atomic E-state index is 0.724. The number of thiocarbonyl (C=S) groups is 1. The molecule has 0 aliphatic carbocycles. The van der Waals surface area contributed by atoms with Gasteiger partial charge in [-0.1, -0.05) is 38.5 Å². The third-order valence-electron chi connectivity index (χ3n) is 2.79.